The first-order valence-electron chi connectivity index (χ1n) is 34.9. The highest BCUT2D eigenvalue weighted by Gasteiger charge is 2.56. The molecule has 0 N–H and O–H groups in total. The average Bonchev–Trinajstić information content (AvgIpc) is 1.64. The quantitative estimate of drug-likeness (QED) is 0.118. The molecule has 0 bridgehead atoms. The maximum atomic E-state index is 11.2. The summed E-state index contributed by atoms with van der Waals surface area (Å²) >= 11 is 0. The molecule has 6 heteroatoms. The molecule has 0 fully saturated rings. The van der Waals surface area contributed by atoms with Gasteiger partial charge in [0, 0.05) is 27.7 Å². The van der Waals surface area contributed by atoms with Gasteiger partial charge in [-0.25, -0.2) is 4.98 Å². The Bertz CT molecular complexity index is 5430. The van der Waals surface area contributed by atoms with Gasteiger partial charge in [0.25, 0.3) is 8.24 Å². The maximum Gasteiger partial charge on any atom is 0.257 e. The molecule has 13 aromatic rings. The number of para-hydroxylation sites is 4. The van der Waals surface area contributed by atoms with Gasteiger partial charge in [-0.1, -0.05) is 248 Å². The van der Waals surface area contributed by atoms with Crippen molar-refractivity contribution in [3.63, 3.8) is 0 Å². The minimum absolute atomic E-state index is 0.0444. The lowest BCUT2D eigenvalue weighted by molar-refractivity contribution is 0.755. The summed E-state index contributed by atoms with van der Waals surface area (Å²) in [5.74, 6) is -3.76. The van der Waals surface area contributed by atoms with Gasteiger partial charge in [0.15, 0.2) is 5.82 Å². The maximum absolute atomic E-state index is 11.2. The fraction of sp³-hybridized carbons (Fsp3) is 0.0282. The van der Waals surface area contributed by atoms with E-state index in [1.807, 2.05) is 121 Å². The van der Waals surface area contributed by atoms with Gasteiger partial charge in [0.2, 0.25) is 5.95 Å². The summed E-state index contributed by atoms with van der Waals surface area (Å²) in [6.45, 7) is 0. The summed E-state index contributed by atoms with van der Waals surface area (Å²) in [4.78, 5) is 15.0. The van der Waals surface area contributed by atoms with Crippen LogP contribution in [0.15, 0.2) is 279 Å². The smallest absolute Gasteiger partial charge is 0.257 e. The first-order valence-corrected chi connectivity index (χ1v) is 26.9. The Morgan fingerprint density at radius 1 is 0.403 bits per heavy atom. The number of fused-ring (bicyclic) bond motifs is 15. The zero-order chi connectivity index (χ0) is 68.1. The van der Waals surface area contributed by atoms with Crippen LogP contribution in [0, 0.1) is 0 Å². The zero-order valence-electron chi connectivity index (χ0n) is 60.3. The molecular weight excluding hydrogens is 951 g/mol. The normalized spacial score (nSPS) is 17.4. The van der Waals surface area contributed by atoms with E-state index >= 15 is 0 Å². The van der Waals surface area contributed by atoms with Gasteiger partial charge in [-0.2, -0.15) is 9.97 Å². The van der Waals surface area contributed by atoms with Gasteiger partial charge in [-0.15, -0.1) is 0 Å². The Morgan fingerprint density at radius 2 is 0.883 bits per heavy atom. The molecule has 5 nitrogen and oxygen atoms in total. The summed E-state index contributed by atoms with van der Waals surface area (Å²) in [6, 6.07) is 36.9. The molecule has 360 valence electrons. The highest BCUT2D eigenvalue weighted by Crippen LogP contribution is 2.63. The van der Waals surface area contributed by atoms with Crippen molar-refractivity contribution < 1.29 is 27.4 Å². The van der Waals surface area contributed by atoms with E-state index in [0.29, 0.717) is 21.7 Å². The molecule has 3 heterocycles. The van der Waals surface area contributed by atoms with Crippen LogP contribution in [0.2, 0.25) is 0 Å². The van der Waals surface area contributed by atoms with Crippen LogP contribution >= 0.6 is 0 Å². The van der Waals surface area contributed by atoms with Crippen molar-refractivity contribution in [1.82, 2.24) is 19.5 Å². The van der Waals surface area contributed by atoms with E-state index in [1.165, 1.54) is 0 Å². The van der Waals surface area contributed by atoms with Crippen LogP contribution in [0.4, 0.5) is 11.4 Å². The van der Waals surface area contributed by atoms with Crippen LogP contribution in [0.3, 0.4) is 0 Å². The Morgan fingerprint density at radius 3 is 1.45 bits per heavy atom. The monoisotopic (exact) mass is 1020 g/mol. The third-order valence-corrected chi connectivity index (χ3v) is 19.8. The third kappa shape index (κ3) is 6.07. The largest absolute Gasteiger partial charge is 0.356 e. The van der Waals surface area contributed by atoms with E-state index in [-0.39, 0.29) is 38.2 Å². The van der Waals surface area contributed by atoms with Gasteiger partial charge in [-0.3, -0.25) is 4.57 Å². The summed E-state index contributed by atoms with van der Waals surface area (Å²) in [5, 5.41) is 0.419. The fourth-order valence-corrected chi connectivity index (χ4v) is 17.1. The SMILES string of the molecule is [2H]c1c([2H])c([2H])c2c(c1[2H])-c1c([2H])c([2H])c([2H])c([2H])c1C2c1nc(-c2c([2H])c([2H])c([2H])c([Si](c3ccccc3)(c3ccccc3)N3c4ccccc4C4(c5ccccc5-c5ccccc54)c4ccccc43)c2[2H])nc(-n2c3c([2H])c([2H])c([2H])c([2H])c3c3c([2H])c([2H])c([2H])c([2H])c32)n1. The number of aromatic nitrogens is 4. The van der Waals surface area contributed by atoms with Crippen molar-refractivity contribution in [1.29, 1.82) is 0 Å². The molecule has 0 saturated carbocycles. The molecular formula is C71H47N5Si. The van der Waals surface area contributed by atoms with E-state index < -0.39 is 175 Å². The molecule has 1 aliphatic heterocycles. The summed E-state index contributed by atoms with van der Waals surface area (Å²) in [5.41, 5.74) is 3.48. The van der Waals surface area contributed by atoms with Crippen LogP contribution < -0.4 is 20.1 Å². The van der Waals surface area contributed by atoms with E-state index in [2.05, 4.69) is 41.0 Å². The van der Waals surface area contributed by atoms with Gasteiger partial charge < -0.3 is 4.57 Å². The molecule has 11 aromatic carbocycles. The second-order valence-corrected chi connectivity index (χ2v) is 22.5. The van der Waals surface area contributed by atoms with Crippen LogP contribution in [0.1, 0.15) is 72.5 Å². The van der Waals surface area contributed by atoms with E-state index in [1.54, 1.807) is 0 Å². The molecule has 77 heavy (non-hydrogen) atoms. The van der Waals surface area contributed by atoms with Crippen molar-refractivity contribution >= 4 is 57.0 Å². The Kier molecular flexibility index (Phi) is 6.19. The number of benzene rings is 11. The summed E-state index contributed by atoms with van der Waals surface area (Å²) in [6.07, 6.45) is 0. The number of anilines is 2. The topological polar surface area (TPSA) is 46.8 Å². The predicted octanol–water partition coefficient (Wildman–Crippen LogP) is 14.3. The highest BCUT2D eigenvalue weighted by molar-refractivity contribution is 7.14. The molecule has 16 rings (SSSR count). The van der Waals surface area contributed by atoms with Gasteiger partial charge >= 0.3 is 0 Å². The predicted molar refractivity (Wildman–Crippen MR) is 316 cm³/mol. The standard InChI is InChI=1S/C71H47N5Si/c1-3-25-48(26-4-1)77(49-27-5-2-6-28-49,76-65-44-21-17-40-61(65)71(62-41-18-22-45-66(62)76)59-38-15-11-32-53(59)54-33-12-16-39-60(54)71)50-29-23-24-47(46-50)68-72-69(67-57-36-9-7-30-51(57)52-31-8-10-37-58(52)67)74-70(73-68)75-63-42-19-13-34-55(63)56-35-14-20-43-64(56)75/h1-46,67H/i7D,8D,9D,10D,13D,14D,19D,20D,23D,24D,29D,30D,31D,34D,35D,36D,37D,42D,43D,46D. The molecule has 0 atom stereocenters. The molecule has 0 unspecified atom stereocenters. The van der Waals surface area contributed by atoms with E-state index in [9.17, 15) is 16.4 Å². The highest BCUT2D eigenvalue weighted by atomic mass is 28.3. The van der Waals surface area contributed by atoms with Crippen LogP contribution in [0.25, 0.3) is 61.4 Å². The first-order chi connectivity index (χ1) is 46.5. The van der Waals surface area contributed by atoms with Crippen LogP contribution in [-0.4, -0.2) is 27.8 Å². The molecule has 2 aromatic heterocycles. The molecule has 0 radical (unpaired) electrons. The lowest BCUT2D eigenvalue weighted by atomic mass is 9.65. The Labute approximate surface area is 475 Å². The average molecular weight is 1020 g/mol. The first kappa shape index (κ1) is 28.2. The molecule has 0 saturated heterocycles. The van der Waals surface area contributed by atoms with Gasteiger partial charge in [0.05, 0.1) is 49.8 Å². The van der Waals surface area contributed by atoms with Crippen molar-refractivity contribution in [2.75, 3.05) is 4.57 Å². The summed E-state index contributed by atoms with van der Waals surface area (Å²) in [7, 11) is -4.62. The minimum Gasteiger partial charge on any atom is -0.356 e. The fourth-order valence-electron chi connectivity index (χ4n) is 12.5. The third-order valence-electron chi connectivity index (χ3n) is 15.4. The minimum atomic E-state index is -4.62. The van der Waals surface area contributed by atoms with Gasteiger partial charge in [0.1, 0.15) is 5.82 Å². The number of hydrogen-bond acceptors (Lipinski definition) is 4. The zero-order valence-corrected chi connectivity index (χ0v) is 41.3. The molecule has 1 spiro atoms. The van der Waals surface area contributed by atoms with Crippen LogP contribution in [-0.2, 0) is 5.41 Å². The lowest BCUT2D eigenvalue weighted by Crippen LogP contribution is -2.77. The Hall–Kier alpha value is -9.75. The van der Waals surface area contributed by atoms with Crippen molar-refractivity contribution in [2.45, 2.75) is 11.3 Å². The van der Waals surface area contributed by atoms with Crippen molar-refractivity contribution in [3.8, 4) is 39.6 Å². The second kappa shape index (κ2) is 16.9. The molecule has 0 amide bonds. The summed E-state index contributed by atoms with van der Waals surface area (Å²) < 4.78 is 192. The van der Waals surface area contributed by atoms with E-state index in [0.717, 1.165) is 37.9 Å². The lowest BCUT2D eigenvalue weighted by Gasteiger charge is -2.52. The number of hydrogen-bond donors (Lipinski definition) is 0. The van der Waals surface area contributed by atoms with E-state index in [4.69, 9.17) is 25.9 Å². The van der Waals surface area contributed by atoms with Gasteiger partial charge in [-0.05, 0) is 101 Å². The van der Waals surface area contributed by atoms with Crippen molar-refractivity contribution in [2.24, 2.45) is 0 Å². The Balaban J connectivity index is 1.09. The van der Waals surface area contributed by atoms with Crippen molar-refractivity contribution in [3.05, 3.63) is 318 Å². The van der Waals surface area contributed by atoms with Crippen LogP contribution in [0.5, 0.6) is 0 Å². The molecule has 3 aliphatic rings. The molecule has 2 aliphatic carbocycles. The number of nitrogens with zero attached hydrogens (tertiary/aromatic N) is 5. The number of rotatable bonds is 7. The second-order valence-electron chi connectivity index (χ2n) is 19.0.